The molecule has 1 aliphatic heterocycles. The summed E-state index contributed by atoms with van der Waals surface area (Å²) in [6.45, 7) is 4.07. The third-order valence-corrected chi connectivity index (χ3v) is 10.2. The molecule has 1 heterocycles. The molecule has 0 saturated carbocycles. The number of carboxylic acid groups (broad SMARTS) is 1. The Labute approximate surface area is 315 Å². The number of carboxylic acids is 1. The Morgan fingerprint density at radius 2 is 1.08 bits per heavy atom. The molecule has 1 aliphatic rings. The topological polar surface area (TPSA) is 186 Å². The smallest absolute Gasteiger partial charge is 0.335 e. The van der Waals surface area contributed by atoms with Crippen LogP contribution in [0.3, 0.4) is 0 Å². The van der Waals surface area contributed by atoms with Gasteiger partial charge in [0.2, 0.25) is 5.91 Å². The number of rotatable bonds is 34. The Bertz CT molecular complexity index is 905. The molecule has 0 bridgehead atoms. The van der Waals surface area contributed by atoms with Gasteiger partial charge in [0.05, 0.1) is 18.8 Å². The second kappa shape index (κ2) is 31.7. The summed E-state index contributed by atoms with van der Waals surface area (Å²) < 4.78 is 10.8. The standard InChI is InChI=1S/C41H77NO10/c1-3-5-7-9-11-13-15-16-17-18-20-21-23-25-27-29-33(43)32(31-51-41-37(47)35(45)36(46)38(52-41)40(49)50)42-39(48)34(44)30-28-26-24-22-19-14-12-10-8-6-4-2/h13,15,32-38,41,43-47H,3-12,14,16-31H2,1-2H3,(H,42,48)(H,49,50)/b15-13+/t32?,33?,34-,35-,36-,37+,38-,41-/m0/s1. The van der Waals surface area contributed by atoms with Crippen LogP contribution in [0.25, 0.3) is 0 Å². The van der Waals surface area contributed by atoms with Gasteiger partial charge < -0.3 is 45.4 Å². The highest BCUT2D eigenvalue weighted by Gasteiger charge is 2.47. The van der Waals surface area contributed by atoms with Crippen molar-refractivity contribution in [1.82, 2.24) is 5.32 Å². The van der Waals surface area contributed by atoms with Gasteiger partial charge in [-0.05, 0) is 38.5 Å². The molecule has 7 N–H and O–H groups in total. The number of hydrogen-bond acceptors (Lipinski definition) is 9. The number of allylic oxidation sites excluding steroid dienone is 2. The minimum absolute atomic E-state index is 0.288. The molecule has 8 atom stereocenters. The maximum atomic E-state index is 13.0. The summed E-state index contributed by atoms with van der Waals surface area (Å²) in [4.78, 5) is 24.5. The Balaban J connectivity index is 2.50. The second-order valence-corrected chi connectivity index (χ2v) is 15.0. The highest BCUT2D eigenvalue weighted by Crippen LogP contribution is 2.23. The number of amides is 1. The summed E-state index contributed by atoms with van der Waals surface area (Å²) in [5, 5.41) is 64.2. The van der Waals surface area contributed by atoms with Crippen molar-refractivity contribution < 1.29 is 49.7 Å². The average molecular weight is 744 g/mol. The number of unbranched alkanes of at least 4 members (excludes halogenated alkanes) is 21. The second-order valence-electron chi connectivity index (χ2n) is 15.0. The molecule has 0 aromatic rings. The summed E-state index contributed by atoms with van der Waals surface area (Å²) in [7, 11) is 0. The number of nitrogens with one attached hydrogen (secondary N) is 1. The van der Waals surface area contributed by atoms with E-state index in [0.717, 1.165) is 51.4 Å². The van der Waals surface area contributed by atoms with E-state index in [9.17, 15) is 40.2 Å². The number of aliphatic hydroxyl groups is 5. The van der Waals surface area contributed by atoms with Crippen molar-refractivity contribution in [3.05, 3.63) is 12.2 Å². The number of carbonyl (C=O) groups excluding carboxylic acids is 1. The van der Waals surface area contributed by atoms with E-state index in [4.69, 9.17) is 9.47 Å². The van der Waals surface area contributed by atoms with Gasteiger partial charge in [0.15, 0.2) is 12.4 Å². The van der Waals surface area contributed by atoms with Crippen LogP contribution in [0.15, 0.2) is 12.2 Å². The highest BCUT2D eigenvalue weighted by atomic mass is 16.7. The third kappa shape index (κ3) is 22.6. The van der Waals surface area contributed by atoms with Gasteiger partial charge in [-0.2, -0.15) is 0 Å². The molecule has 1 fully saturated rings. The fraction of sp³-hybridized carbons (Fsp3) is 0.902. The van der Waals surface area contributed by atoms with Crippen LogP contribution in [0.5, 0.6) is 0 Å². The van der Waals surface area contributed by atoms with E-state index >= 15 is 0 Å². The number of hydrogen-bond donors (Lipinski definition) is 7. The van der Waals surface area contributed by atoms with Crippen LogP contribution in [-0.4, -0.2) is 98.1 Å². The van der Waals surface area contributed by atoms with E-state index in [1.54, 1.807) is 0 Å². The van der Waals surface area contributed by atoms with Gasteiger partial charge in [0.25, 0.3) is 0 Å². The Kier molecular flexibility index (Phi) is 29.5. The first-order valence-corrected chi connectivity index (χ1v) is 21.0. The van der Waals surface area contributed by atoms with Gasteiger partial charge in [-0.25, -0.2) is 4.79 Å². The minimum Gasteiger partial charge on any atom is -0.479 e. The van der Waals surface area contributed by atoms with E-state index in [0.29, 0.717) is 19.3 Å². The van der Waals surface area contributed by atoms with E-state index in [1.807, 2.05) is 0 Å². The summed E-state index contributed by atoms with van der Waals surface area (Å²) in [6.07, 6.45) is 21.6. The maximum absolute atomic E-state index is 13.0. The molecule has 11 heteroatoms. The zero-order valence-electron chi connectivity index (χ0n) is 32.7. The molecule has 1 amide bonds. The molecule has 306 valence electrons. The molecule has 11 nitrogen and oxygen atoms in total. The highest BCUT2D eigenvalue weighted by molar-refractivity contribution is 5.80. The first kappa shape index (κ1) is 48.4. The van der Waals surface area contributed by atoms with Crippen LogP contribution in [0.4, 0.5) is 0 Å². The van der Waals surface area contributed by atoms with Crippen molar-refractivity contribution in [3.63, 3.8) is 0 Å². The summed E-state index contributed by atoms with van der Waals surface area (Å²) >= 11 is 0. The van der Waals surface area contributed by atoms with Gasteiger partial charge in [-0.1, -0.05) is 154 Å². The van der Waals surface area contributed by atoms with E-state index < -0.39 is 60.8 Å². The SMILES string of the molecule is CCCCCC/C=C/CCCCCCCCCC(O)C(CO[C@H]1O[C@H](C(=O)O)[C@@H](O)[C@H](O)[C@H]1O)NC(=O)[C@@H](O)CCCCCCCCCCCCC. The van der Waals surface area contributed by atoms with Crippen LogP contribution >= 0.6 is 0 Å². The number of aliphatic carboxylic acids is 1. The van der Waals surface area contributed by atoms with Gasteiger partial charge >= 0.3 is 5.97 Å². The van der Waals surface area contributed by atoms with Crippen LogP contribution < -0.4 is 5.32 Å². The maximum Gasteiger partial charge on any atom is 0.335 e. The lowest BCUT2D eigenvalue weighted by atomic mass is 9.99. The number of aliphatic hydroxyl groups excluding tert-OH is 5. The largest absolute Gasteiger partial charge is 0.479 e. The molecule has 0 spiro atoms. The predicted molar refractivity (Wildman–Crippen MR) is 205 cm³/mol. The van der Waals surface area contributed by atoms with Crippen molar-refractivity contribution >= 4 is 11.9 Å². The normalized spacial score (nSPS) is 22.4. The number of ether oxygens (including phenoxy) is 2. The van der Waals surface area contributed by atoms with Crippen molar-refractivity contribution in [1.29, 1.82) is 0 Å². The molecular weight excluding hydrogens is 666 g/mol. The molecule has 0 aliphatic carbocycles. The molecular formula is C41H77NO10. The van der Waals surface area contributed by atoms with E-state index in [-0.39, 0.29) is 13.0 Å². The molecule has 1 saturated heterocycles. The van der Waals surface area contributed by atoms with Crippen molar-refractivity contribution in [2.24, 2.45) is 0 Å². The first-order valence-electron chi connectivity index (χ1n) is 21.0. The fourth-order valence-electron chi connectivity index (χ4n) is 6.67. The van der Waals surface area contributed by atoms with Gasteiger partial charge in [-0.15, -0.1) is 0 Å². The quantitative estimate of drug-likeness (QED) is 0.0272. The van der Waals surface area contributed by atoms with Crippen LogP contribution in [0.2, 0.25) is 0 Å². The zero-order chi connectivity index (χ0) is 38.4. The fourth-order valence-corrected chi connectivity index (χ4v) is 6.67. The molecule has 0 aromatic carbocycles. The van der Waals surface area contributed by atoms with Crippen LogP contribution in [0, 0.1) is 0 Å². The lowest BCUT2D eigenvalue weighted by Gasteiger charge is -2.39. The summed E-state index contributed by atoms with van der Waals surface area (Å²) in [5.41, 5.74) is 0. The Morgan fingerprint density at radius 1 is 0.635 bits per heavy atom. The summed E-state index contributed by atoms with van der Waals surface area (Å²) in [6, 6.07) is -0.984. The zero-order valence-corrected chi connectivity index (χ0v) is 32.7. The van der Waals surface area contributed by atoms with Crippen molar-refractivity contribution in [3.8, 4) is 0 Å². The van der Waals surface area contributed by atoms with Crippen molar-refractivity contribution in [2.75, 3.05) is 6.61 Å². The molecule has 1 rings (SSSR count). The Morgan fingerprint density at radius 3 is 1.58 bits per heavy atom. The molecule has 0 aromatic heterocycles. The van der Waals surface area contributed by atoms with Crippen LogP contribution in [0.1, 0.15) is 181 Å². The van der Waals surface area contributed by atoms with Gasteiger partial charge in [-0.3, -0.25) is 4.79 Å². The minimum atomic E-state index is -1.86. The monoisotopic (exact) mass is 744 g/mol. The van der Waals surface area contributed by atoms with Crippen LogP contribution in [-0.2, 0) is 19.1 Å². The number of carbonyl (C=O) groups is 2. The van der Waals surface area contributed by atoms with E-state index in [2.05, 4.69) is 31.3 Å². The predicted octanol–water partition coefficient (Wildman–Crippen LogP) is 6.84. The molecule has 52 heavy (non-hydrogen) atoms. The Hall–Kier alpha value is -1.60. The van der Waals surface area contributed by atoms with E-state index in [1.165, 1.54) is 89.9 Å². The third-order valence-electron chi connectivity index (χ3n) is 10.2. The molecule has 0 radical (unpaired) electrons. The first-order chi connectivity index (χ1) is 25.1. The lowest BCUT2D eigenvalue weighted by molar-refractivity contribution is -0.295. The van der Waals surface area contributed by atoms with Gasteiger partial charge in [0, 0.05) is 0 Å². The summed E-state index contributed by atoms with van der Waals surface area (Å²) in [5.74, 6) is -2.18. The van der Waals surface area contributed by atoms with Gasteiger partial charge in [0.1, 0.15) is 24.4 Å². The average Bonchev–Trinajstić information content (AvgIpc) is 3.13. The molecule has 2 unspecified atom stereocenters. The lowest BCUT2D eigenvalue weighted by Crippen LogP contribution is -2.61. The van der Waals surface area contributed by atoms with Crippen molar-refractivity contribution in [2.45, 2.75) is 230 Å².